The molecule has 86 valence electrons. The van der Waals surface area contributed by atoms with E-state index in [0.717, 1.165) is 25.5 Å². The predicted octanol–water partition coefficient (Wildman–Crippen LogP) is 2.61. The molecular weight excluding hydrogens is 218 g/mol. The number of nitrogens with zero attached hydrogens (tertiary/aromatic N) is 2. The Morgan fingerprint density at radius 3 is 3.12 bits per heavy atom. The smallest absolute Gasteiger partial charge is 0.150 e. The van der Waals surface area contributed by atoms with Crippen LogP contribution in [0.5, 0.6) is 0 Å². The van der Waals surface area contributed by atoms with Gasteiger partial charge in [-0.15, -0.1) is 11.3 Å². The van der Waals surface area contributed by atoms with Gasteiger partial charge < -0.3 is 9.88 Å². The summed E-state index contributed by atoms with van der Waals surface area (Å²) in [4.78, 5) is 5.64. The van der Waals surface area contributed by atoms with E-state index in [0.29, 0.717) is 0 Å². The summed E-state index contributed by atoms with van der Waals surface area (Å²) in [5.74, 6) is 1.08. The van der Waals surface area contributed by atoms with Gasteiger partial charge in [0.05, 0.1) is 4.88 Å². The van der Waals surface area contributed by atoms with Gasteiger partial charge in [-0.1, -0.05) is 13.0 Å². The van der Waals surface area contributed by atoms with Crippen LogP contribution in [0, 0.1) is 0 Å². The molecule has 2 aromatic rings. The van der Waals surface area contributed by atoms with Crippen LogP contribution in [0.1, 0.15) is 13.3 Å². The summed E-state index contributed by atoms with van der Waals surface area (Å²) in [6, 6.07) is 4.18. The van der Waals surface area contributed by atoms with Crippen LogP contribution in [0.15, 0.2) is 29.9 Å². The normalized spacial score (nSPS) is 10.8. The van der Waals surface area contributed by atoms with Crippen LogP contribution >= 0.6 is 11.3 Å². The van der Waals surface area contributed by atoms with Gasteiger partial charge in [0.15, 0.2) is 0 Å². The van der Waals surface area contributed by atoms with Crippen LogP contribution in [0.4, 0.5) is 0 Å². The standard InChI is InChI=1S/C12H17N3S/c1-2-5-13-6-8-15-9-7-14-12(15)11-4-3-10-16-11/h3-4,7,9-10,13H,2,5-6,8H2,1H3. The second-order valence-electron chi connectivity index (χ2n) is 3.67. The van der Waals surface area contributed by atoms with E-state index in [1.807, 2.05) is 12.4 Å². The molecule has 16 heavy (non-hydrogen) atoms. The van der Waals surface area contributed by atoms with Crippen LogP contribution in [0.3, 0.4) is 0 Å². The largest absolute Gasteiger partial charge is 0.329 e. The molecule has 0 radical (unpaired) electrons. The average molecular weight is 235 g/mol. The fourth-order valence-corrected chi connectivity index (χ4v) is 2.36. The molecule has 0 aliphatic carbocycles. The van der Waals surface area contributed by atoms with Crippen LogP contribution in [0.25, 0.3) is 10.7 Å². The number of rotatable bonds is 6. The summed E-state index contributed by atoms with van der Waals surface area (Å²) in [5.41, 5.74) is 0. The lowest BCUT2D eigenvalue weighted by Gasteiger charge is -2.07. The van der Waals surface area contributed by atoms with Gasteiger partial charge in [-0.3, -0.25) is 0 Å². The van der Waals surface area contributed by atoms with Crippen molar-refractivity contribution in [2.45, 2.75) is 19.9 Å². The van der Waals surface area contributed by atoms with Crippen LogP contribution in [-0.2, 0) is 6.54 Å². The number of hydrogen-bond donors (Lipinski definition) is 1. The summed E-state index contributed by atoms with van der Waals surface area (Å²) in [7, 11) is 0. The van der Waals surface area contributed by atoms with Crippen molar-refractivity contribution in [2.24, 2.45) is 0 Å². The van der Waals surface area contributed by atoms with Crippen molar-refractivity contribution in [3.63, 3.8) is 0 Å². The van der Waals surface area contributed by atoms with E-state index in [9.17, 15) is 0 Å². The van der Waals surface area contributed by atoms with Crippen molar-refractivity contribution in [3.8, 4) is 10.7 Å². The first kappa shape index (κ1) is 11.4. The Morgan fingerprint density at radius 1 is 1.44 bits per heavy atom. The molecule has 1 N–H and O–H groups in total. The molecule has 0 amide bonds. The molecule has 0 saturated heterocycles. The Bertz CT molecular complexity index is 406. The first-order valence-corrected chi connectivity index (χ1v) is 6.55. The van der Waals surface area contributed by atoms with E-state index in [1.54, 1.807) is 11.3 Å². The van der Waals surface area contributed by atoms with E-state index >= 15 is 0 Å². The van der Waals surface area contributed by atoms with E-state index in [1.165, 1.54) is 11.3 Å². The van der Waals surface area contributed by atoms with Crippen molar-refractivity contribution in [1.29, 1.82) is 0 Å². The highest BCUT2D eigenvalue weighted by Gasteiger charge is 2.05. The van der Waals surface area contributed by atoms with Gasteiger partial charge in [0.1, 0.15) is 5.82 Å². The number of hydrogen-bond acceptors (Lipinski definition) is 3. The molecule has 0 aliphatic rings. The molecule has 2 rings (SSSR count). The Hall–Kier alpha value is -1.13. The highest BCUT2D eigenvalue weighted by molar-refractivity contribution is 7.13. The van der Waals surface area contributed by atoms with Crippen molar-refractivity contribution in [1.82, 2.24) is 14.9 Å². The zero-order valence-corrected chi connectivity index (χ0v) is 10.3. The van der Waals surface area contributed by atoms with E-state index < -0.39 is 0 Å². The van der Waals surface area contributed by atoms with Crippen molar-refractivity contribution >= 4 is 11.3 Å². The number of imidazole rings is 1. The van der Waals surface area contributed by atoms with Gasteiger partial charge in [0, 0.05) is 25.5 Å². The lowest BCUT2D eigenvalue weighted by Crippen LogP contribution is -2.20. The lowest BCUT2D eigenvalue weighted by atomic mass is 10.4. The van der Waals surface area contributed by atoms with Gasteiger partial charge in [0.2, 0.25) is 0 Å². The molecule has 3 nitrogen and oxygen atoms in total. The van der Waals surface area contributed by atoms with Crippen molar-refractivity contribution in [2.75, 3.05) is 13.1 Å². The molecule has 0 aliphatic heterocycles. The van der Waals surface area contributed by atoms with Crippen LogP contribution < -0.4 is 5.32 Å². The molecule has 0 saturated carbocycles. The average Bonchev–Trinajstić information content (AvgIpc) is 2.94. The highest BCUT2D eigenvalue weighted by Crippen LogP contribution is 2.22. The third-order valence-corrected chi connectivity index (χ3v) is 3.28. The van der Waals surface area contributed by atoms with E-state index in [2.05, 4.69) is 39.3 Å². The van der Waals surface area contributed by atoms with Gasteiger partial charge >= 0.3 is 0 Å². The first-order valence-electron chi connectivity index (χ1n) is 5.67. The van der Waals surface area contributed by atoms with E-state index in [-0.39, 0.29) is 0 Å². The monoisotopic (exact) mass is 235 g/mol. The zero-order valence-electron chi connectivity index (χ0n) is 9.52. The van der Waals surface area contributed by atoms with Crippen LogP contribution in [-0.4, -0.2) is 22.6 Å². The van der Waals surface area contributed by atoms with Gasteiger partial charge in [-0.05, 0) is 24.4 Å². The third kappa shape index (κ3) is 2.71. The Morgan fingerprint density at radius 2 is 2.38 bits per heavy atom. The van der Waals surface area contributed by atoms with Crippen LogP contribution in [0.2, 0.25) is 0 Å². The van der Waals surface area contributed by atoms with Gasteiger partial charge in [0.25, 0.3) is 0 Å². The second-order valence-corrected chi connectivity index (χ2v) is 4.62. The number of thiophene rings is 1. The third-order valence-electron chi connectivity index (χ3n) is 2.41. The van der Waals surface area contributed by atoms with Crippen molar-refractivity contribution < 1.29 is 0 Å². The fourth-order valence-electron chi connectivity index (χ4n) is 1.62. The molecule has 0 bridgehead atoms. The summed E-state index contributed by atoms with van der Waals surface area (Å²) < 4.78 is 2.20. The Balaban J connectivity index is 1.97. The van der Waals surface area contributed by atoms with Crippen molar-refractivity contribution in [3.05, 3.63) is 29.9 Å². The van der Waals surface area contributed by atoms with Gasteiger partial charge in [-0.25, -0.2) is 4.98 Å². The zero-order chi connectivity index (χ0) is 11.2. The van der Waals surface area contributed by atoms with E-state index in [4.69, 9.17) is 0 Å². The minimum absolute atomic E-state index is 0.979. The maximum absolute atomic E-state index is 4.40. The first-order chi connectivity index (χ1) is 7.92. The Labute approximate surface area is 100 Å². The minimum atomic E-state index is 0.979. The quantitative estimate of drug-likeness (QED) is 0.780. The molecule has 0 fully saturated rings. The highest BCUT2D eigenvalue weighted by atomic mass is 32.1. The SMILES string of the molecule is CCCNCCn1ccnc1-c1cccs1. The Kier molecular flexibility index (Phi) is 4.13. The summed E-state index contributed by atoms with van der Waals surface area (Å²) in [6.45, 7) is 5.25. The summed E-state index contributed by atoms with van der Waals surface area (Å²) in [5, 5.41) is 5.49. The molecule has 0 aromatic carbocycles. The second kappa shape index (κ2) is 5.82. The summed E-state index contributed by atoms with van der Waals surface area (Å²) in [6.07, 6.45) is 5.10. The summed E-state index contributed by atoms with van der Waals surface area (Å²) >= 11 is 1.73. The molecule has 2 heterocycles. The lowest BCUT2D eigenvalue weighted by molar-refractivity contribution is 0.597. The topological polar surface area (TPSA) is 29.9 Å². The van der Waals surface area contributed by atoms with Gasteiger partial charge in [-0.2, -0.15) is 0 Å². The maximum Gasteiger partial charge on any atom is 0.150 e. The molecular formula is C12H17N3S. The molecule has 0 spiro atoms. The molecule has 0 unspecified atom stereocenters. The molecule has 4 heteroatoms. The minimum Gasteiger partial charge on any atom is -0.329 e. The fraction of sp³-hybridized carbons (Fsp3) is 0.417. The number of nitrogens with one attached hydrogen (secondary N) is 1. The molecule has 0 atom stereocenters. The predicted molar refractivity (Wildman–Crippen MR) is 68.7 cm³/mol. The number of aromatic nitrogens is 2. The molecule has 2 aromatic heterocycles. The maximum atomic E-state index is 4.40.